The first-order valence-electron chi connectivity index (χ1n) is 19.2. The summed E-state index contributed by atoms with van der Waals surface area (Å²) in [6.45, 7) is 0. The fourth-order valence-corrected chi connectivity index (χ4v) is 12.0. The molecule has 0 N–H and O–H groups in total. The van der Waals surface area contributed by atoms with E-state index in [-0.39, 0.29) is 22.7 Å². The van der Waals surface area contributed by atoms with Crippen molar-refractivity contribution in [3.8, 4) is 22.3 Å². The average Bonchev–Trinajstić information content (AvgIpc) is 3.98. The standard InChI is InChI=1S/C50H40/c1-3-11-43-37(9-1)39-21-17-33(29-45(39)49(43)25-5-6-26-49)35-19-15-31-13-14-32-16-20-36(42-24-23-41(35)47(31)48(32)42)34-18-22-40-38-10-2-4-12-44(38)50(46(40)30-34)27-7-8-28-50/h1-4,9-24,29-30,35-36H,5-8,25-28H2. The number of hydrogen-bond acceptors (Lipinski definition) is 0. The molecule has 12 rings (SSSR count). The Morgan fingerprint density at radius 1 is 0.400 bits per heavy atom. The Morgan fingerprint density at radius 2 is 0.820 bits per heavy atom. The second-order valence-electron chi connectivity index (χ2n) is 16.2. The summed E-state index contributed by atoms with van der Waals surface area (Å²) in [5.41, 5.74) is 21.1. The van der Waals surface area contributed by atoms with Gasteiger partial charge in [-0.2, -0.15) is 0 Å². The molecule has 0 heterocycles. The third-order valence-electron chi connectivity index (χ3n) is 14.1. The van der Waals surface area contributed by atoms with Gasteiger partial charge in [0.05, 0.1) is 0 Å². The van der Waals surface area contributed by atoms with Crippen LogP contribution >= 0.6 is 0 Å². The molecule has 2 fully saturated rings. The Morgan fingerprint density at radius 3 is 1.28 bits per heavy atom. The van der Waals surface area contributed by atoms with Crippen molar-refractivity contribution in [2.45, 2.75) is 74.0 Å². The monoisotopic (exact) mass is 640 g/mol. The fourth-order valence-electron chi connectivity index (χ4n) is 12.0. The molecule has 50 heavy (non-hydrogen) atoms. The Bertz CT molecular complexity index is 2330. The minimum atomic E-state index is 0.192. The van der Waals surface area contributed by atoms with Crippen LogP contribution in [0.4, 0.5) is 0 Å². The summed E-state index contributed by atoms with van der Waals surface area (Å²) in [6.07, 6.45) is 20.2. The molecule has 0 aromatic heterocycles. The van der Waals surface area contributed by atoms with Crippen LogP contribution in [0, 0.1) is 0 Å². The molecule has 0 nitrogen and oxygen atoms in total. The lowest BCUT2D eigenvalue weighted by Crippen LogP contribution is -2.21. The molecule has 6 aromatic carbocycles. The SMILES string of the molecule is C1=CC(c2ccc3c(c2)C2(CCCC2)c2ccccc2-3)c2ccc3c4c(ccc1c24)C=CC3c1ccc2c(c1)C1(CCCC1)c1ccccc1-2. The lowest BCUT2D eigenvalue weighted by atomic mass is 9.73. The first kappa shape index (κ1) is 27.8. The highest BCUT2D eigenvalue weighted by atomic mass is 14.5. The molecule has 2 atom stereocenters. The molecule has 2 saturated carbocycles. The van der Waals surface area contributed by atoms with Crippen LogP contribution in [0.2, 0.25) is 0 Å². The van der Waals surface area contributed by atoms with Crippen LogP contribution < -0.4 is 0 Å². The molecule has 6 aliphatic rings. The molecule has 2 spiro atoms. The van der Waals surface area contributed by atoms with Crippen LogP contribution in [0.1, 0.15) is 119 Å². The molecule has 0 saturated heterocycles. The fraction of sp³-hybridized carbons (Fsp3) is 0.240. The average molecular weight is 641 g/mol. The Kier molecular flexibility index (Phi) is 5.48. The van der Waals surface area contributed by atoms with Crippen LogP contribution in [0.5, 0.6) is 0 Å². The van der Waals surface area contributed by atoms with Gasteiger partial charge in [0.15, 0.2) is 0 Å². The molecule has 0 bridgehead atoms. The van der Waals surface area contributed by atoms with Crippen molar-refractivity contribution in [1.82, 2.24) is 0 Å². The molecule has 240 valence electrons. The number of benzene rings is 6. The van der Waals surface area contributed by atoms with Gasteiger partial charge in [0, 0.05) is 22.7 Å². The molecular weight excluding hydrogens is 601 g/mol. The summed E-state index contributed by atoms with van der Waals surface area (Å²) < 4.78 is 0. The molecular formula is C50H40. The molecule has 6 aromatic rings. The van der Waals surface area contributed by atoms with Gasteiger partial charge < -0.3 is 0 Å². The normalized spacial score (nSPS) is 21.9. The lowest BCUT2D eigenvalue weighted by molar-refractivity contribution is 0.549. The second-order valence-corrected chi connectivity index (χ2v) is 16.2. The zero-order valence-electron chi connectivity index (χ0n) is 28.5. The highest BCUT2D eigenvalue weighted by Crippen LogP contribution is 2.59. The minimum absolute atomic E-state index is 0.192. The molecule has 2 unspecified atom stereocenters. The molecule has 0 heteroatoms. The first-order valence-corrected chi connectivity index (χ1v) is 19.2. The molecule has 6 aliphatic carbocycles. The topological polar surface area (TPSA) is 0 Å². The van der Waals surface area contributed by atoms with Crippen LogP contribution in [-0.2, 0) is 10.8 Å². The number of rotatable bonds is 2. The van der Waals surface area contributed by atoms with Gasteiger partial charge in [-0.3, -0.25) is 0 Å². The second kappa shape index (κ2) is 9.85. The first-order chi connectivity index (χ1) is 24.7. The zero-order valence-corrected chi connectivity index (χ0v) is 28.5. The van der Waals surface area contributed by atoms with E-state index in [9.17, 15) is 0 Å². The van der Waals surface area contributed by atoms with E-state index >= 15 is 0 Å². The van der Waals surface area contributed by atoms with Crippen molar-refractivity contribution in [3.05, 3.63) is 177 Å². The largest absolute Gasteiger partial charge is 0.0720 e. The van der Waals surface area contributed by atoms with Crippen LogP contribution in [0.3, 0.4) is 0 Å². The third kappa shape index (κ3) is 3.43. The van der Waals surface area contributed by atoms with Crippen molar-refractivity contribution in [2.24, 2.45) is 0 Å². The summed E-state index contributed by atoms with van der Waals surface area (Å²) in [5, 5.41) is 2.92. The quantitative estimate of drug-likeness (QED) is 0.177. The maximum atomic E-state index is 2.61. The smallest absolute Gasteiger partial charge is 0.0279 e. The van der Waals surface area contributed by atoms with Gasteiger partial charge in [-0.25, -0.2) is 0 Å². The number of fused-ring (bicyclic) bond motifs is 10. The summed E-state index contributed by atoms with van der Waals surface area (Å²) in [5.74, 6) is 0.508. The third-order valence-corrected chi connectivity index (χ3v) is 14.1. The number of hydrogen-bond donors (Lipinski definition) is 0. The van der Waals surface area contributed by atoms with Gasteiger partial charge in [-0.15, -0.1) is 0 Å². The summed E-state index contributed by atoms with van der Waals surface area (Å²) in [4.78, 5) is 0. The van der Waals surface area contributed by atoms with E-state index in [0.29, 0.717) is 0 Å². The van der Waals surface area contributed by atoms with E-state index in [1.165, 1.54) is 118 Å². The zero-order chi connectivity index (χ0) is 32.6. The van der Waals surface area contributed by atoms with E-state index in [1.807, 2.05) is 0 Å². The van der Waals surface area contributed by atoms with Gasteiger partial charge in [0.2, 0.25) is 0 Å². The van der Waals surface area contributed by atoms with E-state index < -0.39 is 0 Å². The molecule has 0 aliphatic heterocycles. The summed E-state index contributed by atoms with van der Waals surface area (Å²) in [6, 6.07) is 43.2. The summed E-state index contributed by atoms with van der Waals surface area (Å²) >= 11 is 0. The van der Waals surface area contributed by atoms with Crippen molar-refractivity contribution in [1.29, 1.82) is 0 Å². The minimum Gasteiger partial charge on any atom is -0.0720 e. The van der Waals surface area contributed by atoms with E-state index in [4.69, 9.17) is 0 Å². The van der Waals surface area contributed by atoms with E-state index in [2.05, 4.69) is 133 Å². The highest BCUT2D eigenvalue weighted by Gasteiger charge is 2.46. The predicted molar refractivity (Wildman–Crippen MR) is 208 cm³/mol. The lowest BCUT2D eigenvalue weighted by Gasteiger charge is -2.30. The van der Waals surface area contributed by atoms with Gasteiger partial charge in [-0.05, 0) is 114 Å². The Balaban J connectivity index is 0.987. The van der Waals surface area contributed by atoms with Gasteiger partial charge in [0.25, 0.3) is 0 Å². The molecule has 0 radical (unpaired) electrons. The highest BCUT2D eigenvalue weighted by molar-refractivity contribution is 6.04. The van der Waals surface area contributed by atoms with Crippen LogP contribution in [0.25, 0.3) is 45.2 Å². The Hall–Kier alpha value is -4.94. The van der Waals surface area contributed by atoms with Crippen molar-refractivity contribution in [3.63, 3.8) is 0 Å². The maximum absolute atomic E-state index is 2.61. The van der Waals surface area contributed by atoms with E-state index in [0.717, 1.165) is 0 Å². The van der Waals surface area contributed by atoms with Crippen molar-refractivity contribution < 1.29 is 0 Å². The van der Waals surface area contributed by atoms with Gasteiger partial charge >= 0.3 is 0 Å². The van der Waals surface area contributed by atoms with Crippen molar-refractivity contribution in [2.75, 3.05) is 0 Å². The van der Waals surface area contributed by atoms with Crippen molar-refractivity contribution >= 4 is 22.9 Å². The summed E-state index contributed by atoms with van der Waals surface area (Å²) in [7, 11) is 0. The maximum Gasteiger partial charge on any atom is 0.0279 e. The van der Waals surface area contributed by atoms with Crippen LogP contribution in [-0.4, -0.2) is 0 Å². The Labute approximate surface area is 295 Å². The van der Waals surface area contributed by atoms with E-state index in [1.54, 1.807) is 22.3 Å². The molecule has 0 amide bonds. The number of allylic oxidation sites excluding steroid dienone is 2. The van der Waals surface area contributed by atoms with Crippen LogP contribution in [0.15, 0.2) is 121 Å². The van der Waals surface area contributed by atoms with Gasteiger partial charge in [-0.1, -0.05) is 159 Å². The van der Waals surface area contributed by atoms with Gasteiger partial charge in [0.1, 0.15) is 0 Å². The predicted octanol–water partition coefficient (Wildman–Crippen LogP) is 12.8.